The van der Waals surface area contributed by atoms with Crippen molar-refractivity contribution in [2.45, 2.75) is 62.8 Å². The molecule has 1 atom stereocenters. The second kappa shape index (κ2) is 9.46. The maximum Gasteiger partial charge on any atom is 0.0294 e. The number of rotatable bonds is 9. The molecule has 0 saturated heterocycles. The molecule has 1 rings (SSSR count). The Kier molecular flexibility index (Phi) is 8.19. The molecule has 1 aromatic rings. The van der Waals surface area contributed by atoms with Crippen LogP contribution in [0.15, 0.2) is 29.2 Å². The summed E-state index contributed by atoms with van der Waals surface area (Å²) in [6.45, 7) is 2.26. The van der Waals surface area contributed by atoms with Gasteiger partial charge in [-0.25, -0.2) is 0 Å². The summed E-state index contributed by atoms with van der Waals surface area (Å²) in [7, 11) is 0. The fourth-order valence-electron chi connectivity index (χ4n) is 2.16. The van der Waals surface area contributed by atoms with Crippen molar-refractivity contribution in [3.63, 3.8) is 0 Å². The molecule has 0 spiro atoms. The highest BCUT2D eigenvalue weighted by atomic mass is 32.2. The number of hydrogen-bond acceptors (Lipinski definition) is 2. The molecule has 1 nitrogen and oxygen atoms in total. The van der Waals surface area contributed by atoms with Crippen LogP contribution < -0.4 is 5.73 Å². The molecule has 0 aliphatic heterocycles. The summed E-state index contributed by atoms with van der Waals surface area (Å²) < 4.78 is 0. The van der Waals surface area contributed by atoms with Gasteiger partial charge < -0.3 is 5.73 Å². The first kappa shape index (κ1) is 15.6. The Labute approximate surface area is 117 Å². The fourth-order valence-corrected chi connectivity index (χ4v) is 2.57. The third-order valence-corrected chi connectivity index (χ3v) is 4.16. The van der Waals surface area contributed by atoms with Crippen LogP contribution in [0, 0.1) is 0 Å². The van der Waals surface area contributed by atoms with Gasteiger partial charge in [-0.05, 0) is 30.4 Å². The van der Waals surface area contributed by atoms with Gasteiger partial charge in [0.05, 0.1) is 0 Å². The maximum absolute atomic E-state index is 6.22. The normalized spacial score (nSPS) is 12.6. The molecule has 1 unspecified atom stereocenters. The Morgan fingerprint density at radius 2 is 1.61 bits per heavy atom. The summed E-state index contributed by atoms with van der Waals surface area (Å²) >= 11 is 1.78. The lowest BCUT2D eigenvalue weighted by Gasteiger charge is -2.12. The number of thioether (sulfide) groups is 1. The molecule has 1 aromatic carbocycles. The van der Waals surface area contributed by atoms with E-state index < -0.39 is 0 Å². The Morgan fingerprint density at radius 3 is 2.22 bits per heavy atom. The third kappa shape index (κ3) is 5.92. The fraction of sp³-hybridized carbons (Fsp3) is 0.625. The largest absolute Gasteiger partial charge is 0.324 e. The van der Waals surface area contributed by atoms with E-state index in [4.69, 9.17) is 5.73 Å². The second-order valence-corrected chi connectivity index (χ2v) is 5.82. The van der Waals surface area contributed by atoms with Gasteiger partial charge in [-0.1, -0.05) is 57.6 Å². The molecule has 2 N–H and O–H groups in total. The SMILES string of the molecule is CCCCCCCCC(N)c1ccc(SC)cc1. The molecule has 2 heteroatoms. The summed E-state index contributed by atoms with van der Waals surface area (Å²) in [6.07, 6.45) is 11.3. The van der Waals surface area contributed by atoms with Gasteiger partial charge in [0, 0.05) is 10.9 Å². The van der Waals surface area contributed by atoms with Crippen molar-refractivity contribution in [2.24, 2.45) is 5.73 Å². The van der Waals surface area contributed by atoms with Crippen LogP contribution in [0.3, 0.4) is 0 Å². The highest BCUT2D eigenvalue weighted by molar-refractivity contribution is 7.98. The van der Waals surface area contributed by atoms with Crippen molar-refractivity contribution in [1.82, 2.24) is 0 Å². The van der Waals surface area contributed by atoms with Gasteiger partial charge in [0.25, 0.3) is 0 Å². The van der Waals surface area contributed by atoms with E-state index in [2.05, 4.69) is 37.4 Å². The van der Waals surface area contributed by atoms with Crippen molar-refractivity contribution >= 4 is 11.8 Å². The van der Waals surface area contributed by atoms with Gasteiger partial charge in [-0.3, -0.25) is 0 Å². The number of nitrogens with two attached hydrogens (primary N) is 1. The first-order valence-electron chi connectivity index (χ1n) is 7.17. The average Bonchev–Trinajstić information content (AvgIpc) is 2.42. The Balaban J connectivity index is 2.21. The second-order valence-electron chi connectivity index (χ2n) is 4.94. The maximum atomic E-state index is 6.22. The van der Waals surface area contributed by atoms with E-state index >= 15 is 0 Å². The van der Waals surface area contributed by atoms with Crippen molar-refractivity contribution < 1.29 is 0 Å². The van der Waals surface area contributed by atoms with Crippen LogP contribution in [0.4, 0.5) is 0 Å². The summed E-state index contributed by atoms with van der Waals surface area (Å²) in [5.41, 5.74) is 7.50. The molecule has 0 bridgehead atoms. The summed E-state index contributed by atoms with van der Waals surface area (Å²) in [5.74, 6) is 0. The van der Waals surface area contributed by atoms with Gasteiger partial charge >= 0.3 is 0 Å². The minimum atomic E-state index is 0.215. The van der Waals surface area contributed by atoms with Crippen LogP contribution in [0.5, 0.6) is 0 Å². The van der Waals surface area contributed by atoms with Crippen LogP contribution >= 0.6 is 11.8 Å². The molecule has 0 aromatic heterocycles. The smallest absolute Gasteiger partial charge is 0.0294 e. The van der Waals surface area contributed by atoms with E-state index in [0.29, 0.717) is 0 Å². The van der Waals surface area contributed by atoms with E-state index in [-0.39, 0.29) is 6.04 Å². The van der Waals surface area contributed by atoms with Crippen molar-refractivity contribution in [3.8, 4) is 0 Å². The van der Waals surface area contributed by atoms with E-state index in [1.165, 1.54) is 49.0 Å². The molecular weight excluding hydrogens is 238 g/mol. The van der Waals surface area contributed by atoms with E-state index in [1.807, 2.05) is 0 Å². The zero-order valence-corrected chi connectivity index (χ0v) is 12.6. The number of hydrogen-bond donors (Lipinski definition) is 1. The quantitative estimate of drug-likeness (QED) is 0.493. The van der Waals surface area contributed by atoms with Gasteiger partial charge in [0.1, 0.15) is 0 Å². The van der Waals surface area contributed by atoms with Crippen molar-refractivity contribution in [1.29, 1.82) is 0 Å². The highest BCUT2D eigenvalue weighted by Crippen LogP contribution is 2.21. The topological polar surface area (TPSA) is 26.0 Å². The monoisotopic (exact) mass is 265 g/mol. The molecule has 0 aliphatic rings. The van der Waals surface area contributed by atoms with Crippen LogP contribution in [0.25, 0.3) is 0 Å². The first-order chi connectivity index (χ1) is 8.77. The van der Waals surface area contributed by atoms with Gasteiger partial charge in [-0.15, -0.1) is 11.8 Å². The molecule has 0 aliphatic carbocycles. The van der Waals surface area contributed by atoms with Gasteiger partial charge in [-0.2, -0.15) is 0 Å². The van der Waals surface area contributed by atoms with Crippen LogP contribution in [-0.2, 0) is 0 Å². The molecule has 0 amide bonds. The minimum Gasteiger partial charge on any atom is -0.324 e. The Bertz CT molecular complexity index is 307. The molecule has 0 fully saturated rings. The van der Waals surface area contributed by atoms with E-state index in [9.17, 15) is 0 Å². The van der Waals surface area contributed by atoms with Crippen LogP contribution in [-0.4, -0.2) is 6.26 Å². The molecule has 102 valence electrons. The summed E-state index contributed by atoms with van der Waals surface area (Å²) in [5, 5.41) is 0. The summed E-state index contributed by atoms with van der Waals surface area (Å²) in [6, 6.07) is 8.90. The molecular formula is C16H27NS. The number of benzene rings is 1. The lowest BCUT2D eigenvalue weighted by atomic mass is 10.0. The minimum absolute atomic E-state index is 0.215. The van der Waals surface area contributed by atoms with Crippen molar-refractivity contribution in [2.75, 3.05) is 6.26 Å². The lowest BCUT2D eigenvalue weighted by molar-refractivity contribution is 0.547. The van der Waals surface area contributed by atoms with Crippen LogP contribution in [0.1, 0.15) is 63.5 Å². The molecule has 0 saturated carbocycles. The molecule has 0 radical (unpaired) electrons. The van der Waals surface area contributed by atoms with Gasteiger partial charge in [0.2, 0.25) is 0 Å². The van der Waals surface area contributed by atoms with Crippen molar-refractivity contribution in [3.05, 3.63) is 29.8 Å². The third-order valence-electron chi connectivity index (χ3n) is 3.41. The summed E-state index contributed by atoms with van der Waals surface area (Å²) in [4.78, 5) is 1.31. The first-order valence-corrected chi connectivity index (χ1v) is 8.40. The predicted molar refractivity (Wildman–Crippen MR) is 83.1 cm³/mol. The Morgan fingerprint density at radius 1 is 1.00 bits per heavy atom. The lowest BCUT2D eigenvalue weighted by Crippen LogP contribution is -2.09. The van der Waals surface area contributed by atoms with E-state index in [1.54, 1.807) is 11.8 Å². The predicted octanol–water partition coefficient (Wildman–Crippen LogP) is 5.16. The Hall–Kier alpha value is -0.470. The highest BCUT2D eigenvalue weighted by Gasteiger charge is 2.05. The zero-order chi connectivity index (χ0) is 13.2. The average molecular weight is 265 g/mol. The molecule has 18 heavy (non-hydrogen) atoms. The van der Waals surface area contributed by atoms with Crippen LogP contribution in [0.2, 0.25) is 0 Å². The number of unbranched alkanes of at least 4 members (excludes halogenated alkanes) is 5. The van der Waals surface area contributed by atoms with Gasteiger partial charge in [0.15, 0.2) is 0 Å². The molecule has 0 heterocycles. The zero-order valence-electron chi connectivity index (χ0n) is 11.8. The van der Waals surface area contributed by atoms with E-state index in [0.717, 1.165) is 6.42 Å². The standard InChI is InChI=1S/C16H27NS/c1-3-4-5-6-7-8-9-16(17)14-10-12-15(18-2)13-11-14/h10-13,16H,3-9,17H2,1-2H3.